The van der Waals surface area contributed by atoms with E-state index in [1.807, 2.05) is 7.05 Å². The molecule has 0 amide bonds. The van der Waals surface area contributed by atoms with Crippen LogP contribution < -0.4 is 4.74 Å². The van der Waals surface area contributed by atoms with Crippen molar-refractivity contribution in [3.05, 3.63) is 48.0 Å². The van der Waals surface area contributed by atoms with Gasteiger partial charge >= 0.3 is 6.18 Å². The zero-order valence-corrected chi connectivity index (χ0v) is 9.61. The summed E-state index contributed by atoms with van der Waals surface area (Å²) < 4.78 is 44.1. The Hall–Kier alpha value is -1.98. The molecule has 0 spiro atoms. The standard InChI is InChI=1S/C12H11F3N2O/c1-17-6-10(16-8-17)7-18-11-4-2-9(3-5-11)12(13,14)15/h2-6,8H,7H2,1H3. The molecule has 0 unspecified atom stereocenters. The molecular weight excluding hydrogens is 245 g/mol. The van der Waals surface area contributed by atoms with Gasteiger partial charge in [-0.05, 0) is 24.3 Å². The number of aromatic nitrogens is 2. The number of rotatable bonds is 3. The van der Waals surface area contributed by atoms with Crippen LogP contribution in [0.4, 0.5) is 13.2 Å². The number of imidazole rings is 1. The average molecular weight is 256 g/mol. The van der Waals surface area contributed by atoms with E-state index in [-0.39, 0.29) is 6.61 Å². The van der Waals surface area contributed by atoms with Gasteiger partial charge in [-0.25, -0.2) is 4.98 Å². The normalized spacial score (nSPS) is 11.6. The second-order valence-electron chi connectivity index (χ2n) is 3.84. The van der Waals surface area contributed by atoms with E-state index in [2.05, 4.69) is 4.98 Å². The summed E-state index contributed by atoms with van der Waals surface area (Å²) in [5.74, 6) is 0.383. The molecular formula is C12H11F3N2O. The van der Waals surface area contributed by atoms with Gasteiger partial charge in [0.25, 0.3) is 0 Å². The van der Waals surface area contributed by atoms with Crippen molar-refractivity contribution in [1.29, 1.82) is 0 Å². The lowest BCUT2D eigenvalue weighted by Gasteiger charge is -2.08. The molecule has 0 aliphatic carbocycles. The molecule has 0 N–H and O–H groups in total. The lowest BCUT2D eigenvalue weighted by molar-refractivity contribution is -0.137. The SMILES string of the molecule is Cn1cnc(COc2ccc(C(F)(F)F)cc2)c1. The number of halogens is 3. The fourth-order valence-corrected chi connectivity index (χ4v) is 1.44. The molecule has 0 radical (unpaired) electrons. The number of aryl methyl sites for hydroxylation is 1. The smallest absolute Gasteiger partial charge is 0.416 e. The lowest BCUT2D eigenvalue weighted by atomic mass is 10.2. The molecule has 18 heavy (non-hydrogen) atoms. The quantitative estimate of drug-likeness (QED) is 0.844. The van der Waals surface area contributed by atoms with Crippen LogP contribution in [0.3, 0.4) is 0 Å². The zero-order chi connectivity index (χ0) is 13.2. The van der Waals surface area contributed by atoms with Crippen LogP contribution >= 0.6 is 0 Å². The highest BCUT2D eigenvalue weighted by atomic mass is 19.4. The predicted molar refractivity (Wildman–Crippen MR) is 59.0 cm³/mol. The molecule has 0 aliphatic heterocycles. The van der Waals surface area contributed by atoms with E-state index in [9.17, 15) is 13.2 Å². The van der Waals surface area contributed by atoms with Crippen molar-refractivity contribution >= 4 is 0 Å². The monoisotopic (exact) mass is 256 g/mol. The highest BCUT2D eigenvalue weighted by Crippen LogP contribution is 2.30. The van der Waals surface area contributed by atoms with Crippen LogP contribution in [0.5, 0.6) is 5.75 Å². The minimum atomic E-state index is -4.32. The Morgan fingerprint density at radius 3 is 2.39 bits per heavy atom. The van der Waals surface area contributed by atoms with Crippen LogP contribution in [0.1, 0.15) is 11.3 Å². The Labute approximate surface area is 102 Å². The van der Waals surface area contributed by atoms with E-state index >= 15 is 0 Å². The van der Waals surface area contributed by atoms with Gasteiger partial charge in [-0.2, -0.15) is 13.2 Å². The molecule has 96 valence electrons. The van der Waals surface area contributed by atoms with Gasteiger partial charge < -0.3 is 9.30 Å². The molecule has 0 atom stereocenters. The van der Waals surface area contributed by atoms with E-state index in [0.29, 0.717) is 5.75 Å². The summed E-state index contributed by atoms with van der Waals surface area (Å²) in [5.41, 5.74) is 0.0325. The van der Waals surface area contributed by atoms with Crippen LogP contribution in [0.25, 0.3) is 0 Å². The van der Waals surface area contributed by atoms with Crippen molar-refractivity contribution in [3.8, 4) is 5.75 Å². The van der Waals surface area contributed by atoms with Gasteiger partial charge in [0.05, 0.1) is 17.6 Å². The van der Waals surface area contributed by atoms with Crippen LogP contribution in [-0.4, -0.2) is 9.55 Å². The second kappa shape index (κ2) is 4.72. The first-order valence-electron chi connectivity index (χ1n) is 5.22. The van der Waals surface area contributed by atoms with Gasteiger partial charge in [0.2, 0.25) is 0 Å². The summed E-state index contributed by atoms with van der Waals surface area (Å²) in [6.07, 6.45) is -0.908. The topological polar surface area (TPSA) is 27.1 Å². The second-order valence-corrected chi connectivity index (χ2v) is 3.84. The van der Waals surface area contributed by atoms with Crippen LogP contribution in [-0.2, 0) is 19.8 Å². The largest absolute Gasteiger partial charge is 0.487 e. The Morgan fingerprint density at radius 2 is 1.89 bits per heavy atom. The predicted octanol–water partition coefficient (Wildman–Crippen LogP) is 3.02. The van der Waals surface area contributed by atoms with Crippen molar-refractivity contribution in [3.63, 3.8) is 0 Å². The molecule has 1 heterocycles. The Balaban J connectivity index is 1.98. The van der Waals surface area contributed by atoms with Crippen molar-refractivity contribution in [2.75, 3.05) is 0 Å². The molecule has 2 aromatic rings. The number of alkyl halides is 3. The Morgan fingerprint density at radius 1 is 1.22 bits per heavy atom. The van der Waals surface area contributed by atoms with Crippen molar-refractivity contribution in [1.82, 2.24) is 9.55 Å². The van der Waals surface area contributed by atoms with Gasteiger partial charge in [-0.1, -0.05) is 0 Å². The summed E-state index contributed by atoms with van der Waals surface area (Å²) in [5, 5.41) is 0. The first kappa shape index (κ1) is 12.5. The molecule has 1 aromatic heterocycles. The molecule has 0 saturated carbocycles. The van der Waals surface area contributed by atoms with Gasteiger partial charge in [-0.15, -0.1) is 0 Å². The lowest BCUT2D eigenvalue weighted by Crippen LogP contribution is -2.04. The summed E-state index contributed by atoms with van der Waals surface area (Å²) in [4.78, 5) is 4.05. The fourth-order valence-electron chi connectivity index (χ4n) is 1.44. The first-order chi connectivity index (χ1) is 8.45. The van der Waals surface area contributed by atoms with E-state index in [1.165, 1.54) is 12.1 Å². The third-order valence-corrected chi connectivity index (χ3v) is 2.33. The van der Waals surface area contributed by atoms with Crippen LogP contribution in [0, 0.1) is 0 Å². The molecule has 0 aliphatic rings. The molecule has 0 fully saturated rings. The van der Waals surface area contributed by atoms with E-state index in [0.717, 1.165) is 17.8 Å². The van der Waals surface area contributed by atoms with Gasteiger partial charge in [-0.3, -0.25) is 0 Å². The number of ether oxygens (including phenoxy) is 1. The van der Waals surface area contributed by atoms with E-state index < -0.39 is 11.7 Å². The molecule has 1 aromatic carbocycles. The number of hydrogen-bond donors (Lipinski definition) is 0. The van der Waals surface area contributed by atoms with Gasteiger partial charge in [0, 0.05) is 13.2 Å². The van der Waals surface area contributed by atoms with E-state index in [1.54, 1.807) is 17.1 Å². The van der Waals surface area contributed by atoms with Gasteiger partial charge in [0.1, 0.15) is 12.4 Å². The van der Waals surface area contributed by atoms with E-state index in [4.69, 9.17) is 4.74 Å². The van der Waals surface area contributed by atoms with Gasteiger partial charge in [0.15, 0.2) is 0 Å². The summed E-state index contributed by atoms with van der Waals surface area (Å²) in [6, 6.07) is 4.58. The molecule has 0 saturated heterocycles. The number of nitrogens with zero attached hydrogens (tertiary/aromatic N) is 2. The molecule has 6 heteroatoms. The third-order valence-electron chi connectivity index (χ3n) is 2.33. The summed E-state index contributed by atoms with van der Waals surface area (Å²) in [7, 11) is 1.83. The maximum atomic E-state index is 12.3. The average Bonchev–Trinajstić information content (AvgIpc) is 2.72. The third kappa shape index (κ3) is 3.03. The first-order valence-corrected chi connectivity index (χ1v) is 5.22. The molecule has 0 bridgehead atoms. The minimum absolute atomic E-state index is 0.228. The van der Waals surface area contributed by atoms with Crippen molar-refractivity contribution < 1.29 is 17.9 Å². The highest BCUT2D eigenvalue weighted by molar-refractivity contribution is 5.28. The maximum absolute atomic E-state index is 12.3. The summed E-state index contributed by atoms with van der Waals surface area (Å²) >= 11 is 0. The Kier molecular flexibility index (Phi) is 3.27. The minimum Gasteiger partial charge on any atom is -0.487 e. The fraction of sp³-hybridized carbons (Fsp3) is 0.250. The maximum Gasteiger partial charge on any atom is 0.416 e. The van der Waals surface area contributed by atoms with Crippen LogP contribution in [0.2, 0.25) is 0 Å². The number of benzene rings is 1. The highest BCUT2D eigenvalue weighted by Gasteiger charge is 2.29. The molecule has 3 nitrogen and oxygen atoms in total. The summed E-state index contributed by atoms with van der Waals surface area (Å²) in [6.45, 7) is 0.228. The van der Waals surface area contributed by atoms with Crippen molar-refractivity contribution in [2.24, 2.45) is 7.05 Å². The Bertz CT molecular complexity index is 517. The zero-order valence-electron chi connectivity index (χ0n) is 9.61. The van der Waals surface area contributed by atoms with Crippen molar-refractivity contribution in [2.45, 2.75) is 12.8 Å². The van der Waals surface area contributed by atoms with Crippen LogP contribution in [0.15, 0.2) is 36.8 Å². The molecule has 2 rings (SSSR count). The number of hydrogen-bond acceptors (Lipinski definition) is 2.